The van der Waals surface area contributed by atoms with Gasteiger partial charge in [0.15, 0.2) is 0 Å². The molecular formula is C13H14F3NO4S. The third-order valence-electron chi connectivity index (χ3n) is 3.17. The summed E-state index contributed by atoms with van der Waals surface area (Å²) in [6.07, 6.45) is -2.03. The number of carbonyl (C=O) groups is 1. The smallest absolute Gasteiger partial charge is 0.266 e. The van der Waals surface area contributed by atoms with E-state index in [4.69, 9.17) is 4.74 Å². The number of benzene rings is 1. The largest absolute Gasteiger partial charge is 0.376 e. The molecule has 1 aromatic rings. The van der Waals surface area contributed by atoms with Crippen LogP contribution in [0.15, 0.2) is 18.2 Å². The first-order valence-corrected chi connectivity index (χ1v) is 8.34. The number of ether oxygens (including phenoxy) is 1. The van der Waals surface area contributed by atoms with Gasteiger partial charge >= 0.3 is 0 Å². The maximum absolute atomic E-state index is 13.2. The van der Waals surface area contributed by atoms with Gasteiger partial charge in [-0.1, -0.05) is 0 Å². The van der Waals surface area contributed by atoms with Gasteiger partial charge in [0.05, 0.1) is 24.5 Å². The lowest BCUT2D eigenvalue weighted by atomic mass is 9.99. The molecule has 1 heterocycles. The van der Waals surface area contributed by atoms with Crippen LogP contribution in [0, 0.1) is 5.82 Å². The van der Waals surface area contributed by atoms with Crippen LogP contribution in [-0.2, 0) is 14.6 Å². The van der Waals surface area contributed by atoms with Crippen molar-refractivity contribution in [2.24, 2.45) is 0 Å². The van der Waals surface area contributed by atoms with Crippen LogP contribution in [0.2, 0.25) is 0 Å². The second-order valence-corrected chi connectivity index (χ2v) is 7.47. The highest BCUT2D eigenvalue weighted by atomic mass is 32.2. The Morgan fingerprint density at radius 2 is 2.05 bits per heavy atom. The van der Waals surface area contributed by atoms with E-state index < -0.39 is 39.1 Å². The Hall–Kier alpha value is -1.61. The molecule has 1 amide bonds. The molecule has 0 spiro atoms. The van der Waals surface area contributed by atoms with Gasteiger partial charge in [0.1, 0.15) is 21.2 Å². The van der Waals surface area contributed by atoms with Crippen molar-refractivity contribution in [3.05, 3.63) is 35.1 Å². The van der Waals surface area contributed by atoms with Gasteiger partial charge in [-0.25, -0.2) is 21.6 Å². The number of hydrogen-bond donors (Lipinski definition) is 1. The molecule has 0 aromatic heterocycles. The van der Waals surface area contributed by atoms with Crippen LogP contribution in [0.1, 0.15) is 22.3 Å². The number of halogens is 3. The number of hydrogen-bond acceptors (Lipinski definition) is 4. The van der Waals surface area contributed by atoms with Crippen LogP contribution in [0.5, 0.6) is 0 Å². The molecule has 0 saturated carbocycles. The van der Waals surface area contributed by atoms with Crippen molar-refractivity contribution in [2.45, 2.75) is 12.0 Å². The zero-order valence-corrected chi connectivity index (χ0v) is 12.4. The number of nitrogens with one attached hydrogen (secondary N) is 1. The Kier molecular flexibility index (Phi) is 4.48. The minimum Gasteiger partial charge on any atom is -0.376 e. The fourth-order valence-corrected chi connectivity index (χ4v) is 3.45. The normalized spacial score (nSPS) is 17.1. The zero-order valence-electron chi connectivity index (χ0n) is 11.6. The first kappa shape index (κ1) is 16.8. The number of carbonyl (C=O) groups excluding carboxylic acids is 1. The number of sulfone groups is 1. The molecule has 0 bridgehead atoms. The maximum atomic E-state index is 13.2. The Labute approximate surface area is 125 Å². The fourth-order valence-electron chi connectivity index (χ4n) is 2.21. The van der Waals surface area contributed by atoms with Crippen molar-refractivity contribution in [2.75, 3.05) is 25.2 Å². The Morgan fingerprint density at radius 1 is 1.41 bits per heavy atom. The van der Waals surface area contributed by atoms with Gasteiger partial charge in [-0.15, -0.1) is 0 Å². The van der Waals surface area contributed by atoms with E-state index in [9.17, 15) is 26.4 Å². The first-order valence-electron chi connectivity index (χ1n) is 6.27. The highest BCUT2D eigenvalue weighted by Gasteiger charge is 2.43. The monoisotopic (exact) mass is 337 g/mol. The van der Waals surface area contributed by atoms with Crippen LogP contribution in [0.3, 0.4) is 0 Å². The summed E-state index contributed by atoms with van der Waals surface area (Å²) in [6.45, 7) is 0.0173. The maximum Gasteiger partial charge on any atom is 0.266 e. The lowest BCUT2D eigenvalue weighted by Gasteiger charge is -2.41. The lowest BCUT2D eigenvalue weighted by Crippen LogP contribution is -2.65. The van der Waals surface area contributed by atoms with Crippen LogP contribution >= 0.6 is 0 Å². The minimum absolute atomic E-state index is 0.00864. The summed E-state index contributed by atoms with van der Waals surface area (Å²) in [5.74, 6) is -2.19. The molecule has 1 aliphatic rings. The highest BCUT2D eigenvalue weighted by molar-refractivity contribution is 7.90. The van der Waals surface area contributed by atoms with Crippen molar-refractivity contribution in [1.29, 1.82) is 0 Å². The average Bonchev–Trinajstić information content (AvgIpc) is 2.34. The highest BCUT2D eigenvalue weighted by Crippen LogP contribution is 2.24. The molecule has 122 valence electrons. The van der Waals surface area contributed by atoms with Crippen LogP contribution in [-0.4, -0.2) is 45.1 Å². The van der Waals surface area contributed by atoms with Crippen molar-refractivity contribution in [1.82, 2.24) is 5.32 Å². The molecule has 1 aliphatic heterocycles. The first-order chi connectivity index (χ1) is 10.1. The van der Waals surface area contributed by atoms with Gasteiger partial charge in [-0.3, -0.25) is 4.79 Å². The van der Waals surface area contributed by atoms with Crippen molar-refractivity contribution < 1.29 is 31.1 Å². The number of alkyl halides is 2. The van der Waals surface area contributed by atoms with Gasteiger partial charge in [0.2, 0.25) is 0 Å². The minimum atomic E-state index is -3.37. The SMILES string of the molecule is CS(=O)(=O)CC1(NC(=O)c2ccc(F)c(C(F)F)c2)COC1. The van der Waals surface area contributed by atoms with Crippen LogP contribution in [0.25, 0.3) is 0 Å². The van der Waals surface area contributed by atoms with E-state index in [2.05, 4.69) is 5.32 Å². The molecule has 0 radical (unpaired) electrons. The third-order valence-corrected chi connectivity index (χ3v) is 4.24. The number of rotatable bonds is 5. The lowest BCUT2D eigenvalue weighted by molar-refractivity contribution is -0.0574. The van der Waals surface area contributed by atoms with Gasteiger partial charge in [0.25, 0.3) is 12.3 Å². The Bertz CT molecular complexity index is 687. The second-order valence-electron chi connectivity index (χ2n) is 5.33. The van der Waals surface area contributed by atoms with Gasteiger partial charge in [-0.05, 0) is 18.2 Å². The van der Waals surface area contributed by atoms with Crippen molar-refractivity contribution in [3.63, 3.8) is 0 Å². The topological polar surface area (TPSA) is 72.5 Å². The quantitative estimate of drug-likeness (QED) is 0.879. The number of amides is 1. The molecule has 1 fully saturated rings. The summed E-state index contributed by atoms with van der Waals surface area (Å²) in [5.41, 5.74) is -2.13. The molecule has 0 atom stereocenters. The molecule has 2 rings (SSSR count). The summed E-state index contributed by atoms with van der Waals surface area (Å²) in [6, 6.07) is 2.59. The van der Waals surface area contributed by atoms with Crippen molar-refractivity contribution >= 4 is 15.7 Å². The molecule has 1 N–H and O–H groups in total. The Morgan fingerprint density at radius 3 is 2.50 bits per heavy atom. The van der Waals surface area contributed by atoms with Crippen molar-refractivity contribution in [3.8, 4) is 0 Å². The van der Waals surface area contributed by atoms with Crippen LogP contribution in [0.4, 0.5) is 13.2 Å². The zero-order chi connectivity index (χ0) is 16.5. The summed E-state index contributed by atoms with van der Waals surface area (Å²) < 4.78 is 66.2. The van der Waals surface area contributed by atoms with E-state index in [1.807, 2.05) is 0 Å². The van der Waals surface area contributed by atoms with E-state index in [1.54, 1.807) is 0 Å². The summed E-state index contributed by atoms with van der Waals surface area (Å²) in [4.78, 5) is 12.1. The average molecular weight is 337 g/mol. The third kappa shape index (κ3) is 3.77. The van der Waals surface area contributed by atoms with E-state index in [0.29, 0.717) is 0 Å². The van der Waals surface area contributed by atoms with E-state index in [1.165, 1.54) is 0 Å². The fraction of sp³-hybridized carbons (Fsp3) is 0.462. The van der Waals surface area contributed by atoms with Gasteiger partial charge in [-0.2, -0.15) is 0 Å². The second kappa shape index (κ2) is 5.88. The van der Waals surface area contributed by atoms with Crippen LogP contribution < -0.4 is 5.32 Å². The van der Waals surface area contributed by atoms with Gasteiger partial charge < -0.3 is 10.1 Å². The summed E-state index contributed by atoms with van der Waals surface area (Å²) >= 11 is 0. The molecule has 1 aromatic carbocycles. The molecule has 1 saturated heterocycles. The van der Waals surface area contributed by atoms with E-state index in [0.717, 1.165) is 24.5 Å². The predicted octanol–water partition coefficient (Wildman–Crippen LogP) is 1.31. The Balaban J connectivity index is 2.20. The molecule has 9 heteroatoms. The van der Waals surface area contributed by atoms with E-state index in [-0.39, 0.29) is 24.5 Å². The molecular weight excluding hydrogens is 323 g/mol. The predicted molar refractivity (Wildman–Crippen MR) is 72.1 cm³/mol. The van der Waals surface area contributed by atoms with E-state index >= 15 is 0 Å². The molecule has 0 aliphatic carbocycles. The van der Waals surface area contributed by atoms with Gasteiger partial charge in [0, 0.05) is 11.8 Å². The molecule has 0 unspecified atom stereocenters. The molecule has 22 heavy (non-hydrogen) atoms. The standard InChI is InChI=1S/C13H14F3NO4S/c1-22(19,20)7-13(5-21-6-13)17-12(18)8-2-3-10(14)9(4-8)11(15)16/h2-4,11H,5-7H2,1H3,(H,17,18). The summed E-state index contributed by atoms with van der Waals surface area (Å²) in [5, 5.41) is 2.48. The summed E-state index contributed by atoms with van der Waals surface area (Å²) in [7, 11) is -3.37. The molecule has 5 nitrogen and oxygen atoms in total.